The number of benzene rings is 2. The number of carbonyl (C=O) groups is 2. The maximum Gasteiger partial charge on any atom is 0.242 e. The molecule has 0 aliphatic carbocycles. The molecule has 8 nitrogen and oxygen atoms in total. The van der Waals surface area contributed by atoms with E-state index in [1.165, 1.54) is 19.4 Å². The number of hydrogen-bond acceptors (Lipinski definition) is 5. The van der Waals surface area contributed by atoms with Crippen LogP contribution in [0.4, 0.5) is 5.69 Å². The summed E-state index contributed by atoms with van der Waals surface area (Å²) in [6.45, 7) is 3.63. The van der Waals surface area contributed by atoms with E-state index in [-0.39, 0.29) is 23.0 Å². The number of halogens is 1. The van der Waals surface area contributed by atoms with E-state index < -0.39 is 21.5 Å². The zero-order valence-electron chi connectivity index (χ0n) is 19.7. The number of nitrogens with one attached hydrogen (secondary N) is 1. The van der Waals surface area contributed by atoms with Gasteiger partial charge in [-0.1, -0.05) is 36.7 Å². The summed E-state index contributed by atoms with van der Waals surface area (Å²) in [6, 6.07) is 11.7. The van der Waals surface area contributed by atoms with Crippen LogP contribution in [0.3, 0.4) is 0 Å². The van der Waals surface area contributed by atoms with Gasteiger partial charge in [-0.3, -0.25) is 9.59 Å². The molecule has 0 spiro atoms. The van der Waals surface area contributed by atoms with Crippen molar-refractivity contribution in [1.82, 2.24) is 9.47 Å². The van der Waals surface area contributed by atoms with E-state index >= 15 is 0 Å². The Hall–Kier alpha value is -3.04. The van der Waals surface area contributed by atoms with E-state index in [0.717, 1.165) is 12.8 Å². The molecule has 1 aliphatic heterocycles. The predicted molar refractivity (Wildman–Crippen MR) is 136 cm³/mol. The van der Waals surface area contributed by atoms with Crippen LogP contribution in [-0.4, -0.2) is 55.7 Å². The molecule has 0 unspecified atom stereocenters. The van der Waals surface area contributed by atoms with Gasteiger partial charge >= 0.3 is 0 Å². The number of carbonyl (C=O) groups excluding carboxylic acids is 2. The predicted octanol–water partition coefficient (Wildman–Crippen LogP) is 3.97. The lowest BCUT2D eigenvalue weighted by Crippen LogP contribution is -2.39. The average Bonchev–Trinajstić information content (AvgIpc) is 3.19. The Bertz CT molecular complexity index is 1360. The summed E-state index contributed by atoms with van der Waals surface area (Å²) >= 11 is 6.00. The standard InChI is InChI=1S/C25H28ClN3O5S/c1-17-9-11-28(12-10-17)25(31)15-29-14-23(19-5-3-4-6-21(19)29)35(32,33)16-24(30)27-20-13-18(26)7-8-22(20)34-2/h3-8,13-14,17H,9-12,15-16H2,1-2H3,(H,27,30). The third kappa shape index (κ3) is 5.62. The van der Waals surface area contributed by atoms with Crippen LogP contribution in [0.1, 0.15) is 19.8 Å². The summed E-state index contributed by atoms with van der Waals surface area (Å²) < 4.78 is 33.4. The molecular weight excluding hydrogens is 490 g/mol. The average molecular weight is 518 g/mol. The summed E-state index contributed by atoms with van der Waals surface area (Å²) in [5.74, 6) is -0.578. The first-order valence-corrected chi connectivity index (χ1v) is 13.4. The lowest BCUT2D eigenvalue weighted by atomic mass is 9.99. The van der Waals surface area contributed by atoms with Crippen LogP contribution < -0.4 is 10.1 Å². The number of piperidine rings is 1. The minimum atomic E-state index is -4.01. The molecular formula is C25H28ClN3O5S. The molecule has 2 heterocycles. The van der Waals surface area contributed by atoms with Gasteiger partial charge in [-0.05, 0) is 43.0 Å². The second-order valence-corrected chi connectivity index (χ2v) is 11.2. The van der Waals surface area contributed by atoms with Crippen molar-refractivity contribution in [1.29, 1.82) is 0 Å². The van der Waals surface area contributed by atoms with Crippen molar-refractivity contribution >= 4 is 49.8 Å². The topological polar surface area (TPSA) is 97.7 Å². The van der Waals surface area contributed by atoms with Gasteiger partial charge in [0.15, 0.2) is 9.84 Å². The van der Waals surface area contributed by atoms with Crippen molar-refractivity contribution in [3.63, 3.8) is 0 Å². The van der Waals surface area contributed by atoms with Crippen molar-refractivity contribution in [2.45, 2.75) is 31.2 Å². The highest BCUT2D eigenvalue weighted by Crippen LogP contribution is 2.29. The van der Waals surface area contributed by atoms with Crippen molar-refractivity contribution in [2.75, 3.05) is 31.3 Å². The molecule has 0 atom stereocenters. The minimum absolute atomic E-state index is 0.0152. The maximum atomic E-state index is 13.3. The van der Waals surface area contributed by atoms with Gasteiger partial charge in [0.25, 0.3) is 0 Å². The van der Waals surface area contributed by atoms with Crippen LogP contribution in [0.15, 0.2) is 53.6 Å². The Morgan fingerprint density at radius 2 is 1.86 bits per heavy atom. The third-order valence-electron chi connectivity index (χ3n) is 6.29. The molecule has 3 aromatic rings. The van der Waals surface area contributed by atoms with Gasteiger partial charge in [0.2, 0.25) is 11.8 Å². The summed E-state index contributed by atoms with van der Waals surface area (Å²) in [7, 11) is -2.57. The fourth-order valence-electron chi connectivity index (χ4n) is 4.31. The fraction of sp³-hybridized carbons (Fsp3) is 0.360. The molecule has 0 saturated carbocycles. The lowest BCUT2D eigenvalue weighted by molar-refractivity contribution is -0.133. The molecule has 1 aliphatic rings. The number of para-hydroxylation sites is 1. The van der Waals surface area contributed by atoms with Gasteiger partial charge in [0.1, 0.15) is 18.0 Å². The number of methoxy groups -OCH3 is 1. The summed E-state index contributed by atoms with van der Waals surface area (Å²) in [5, 5.41) is 3.41. The third-order valence-corrected chi connectivity index (χ3v) is 8.16. The molecule has 186 valence electrons. The highest BCUT2D eigenvalue weighted by molar-refractivity contribution is 7.92. The Balaban J connectivity index is 1.56. The Morgan fingerprint density at radius 3 is 2.57 bits per heavy atom. The molecule has 1 saturated heterocycles. The first-order chi connectivity index (χ1) is 16.7. The Morgan fingerprint density at radius 1 is 1.14 bits per heavy atom. The number of anilines is 1. The quantitative estimate of drug-likeness (QED) is 0.511. The number of ether oxygens (including phenoxy) is 1. The molecule has 0 bridgehead atoms. The largest absolute Gasteiger partial charge is 0.495 e. The van der Waals surface area contributed by atoms with Gasteiger partial charge in [-0.15, -0.1) is 0 Å². The summed E-state index contributed by atoms with van der Waals surface area (Å²) in [6.07, 6.45) is 3.38. The van der Waals surface area contributed by atoms with Crippen LogP contribution in [0, 0.1) is 5.92 Å². The second-order valence-electron chi connectivity index (χ2n) is 8.85. The first kappa shape index (κ1) is 25.1. The molecule has 4 rings (SSSR count). The SMILES string of the molecule is COc1ccc(Cl)cc1NC(=O)CS(=O)(=O)c1cn(CC(=O)N2CCC(C)CC2)c2ccccc12. The number of amides is 2. The Labute approximate surface area is 209 Å². The molecule has 10 heteroatoms. The number of likely N-dealkylation sites (tertiary alicyclic amines) is 1. The lowest BCUT2D eigenvalue weighted by Gasteiger charge is -2.30. The number of sulfone groups is 1. The van der Waals surface area contributed by atoms with Crippen LogP contribution in [0.5, 0.6) is 5.75 Å². The summed E-state index contributed by atoms with van der Waals surface area (Å²) in [5.41, 5.74) is 0.908. The number of rotatable bonds is 7. The van der Waals surface area contributed by atoms with Crippen molar-refractivity contribution in [3.05, 3.63) is 53.7 Å². The number of nitrogens with zero attached hydrogens (tertiary/aromatic N) is 2. The van der Waals surface area contributed by atoms with Crippen LogP contribution in [0.25, 0.3) is 10.9 Å². The van der Waals surface area contributed by atoms with Gasteiger partial charge in [-0.25, -0.2) is 8.42 Å². The van der Waals surface area contributed by atoms with Crippen molar-refractivity contribution < 1.29 is 22.7 Å². The van der Waals surface area contributed by atoms with Crippen LogP contribution in [0.2, 0.25) is 5.02 Å². The smallest absolute Gasteiger partial charge is 0.242 e. The zero-order valence-corrected chi connectivity index (χ0v) is 21.2. The van der Waals surface area contributed by atoms with E-state index in [9.17, 15) is 18.0 Å². The molecule has 0 radical (unpaired) electrons. The highest BCUT2D eigenvalue weighted by atomic mass is 35.5. The van der Waals surface area contributed by atoms with Gasteiger partial charge in [0, 0.05) is 35.2 Å². The number of hydrogen-bond donors (Lipinski definition) is 1. The molecule has 2 aromatic carbocycles. The molecule has 1 fully saturated rings. The van der Waals surface area contributed by atoms with E-state index in [0.29, 0.717) is 40.7 Å². The molecule has 1 N–H and O–H groups in total. The van der Waals surface area contributed by atoms with Crippen molar-refractivity contribution in [2.24, 2.45) is 5.92 Å². The second kappa shape index (κ2) is 10.3. The minimum Gasteiger partial charge on any atom is -0.495 e. The maximum absolute atomic E-state index is 13.3. The van der Waals surface area contributed by atoms with E-state index in [1.807, 2.05) is 4.90 Å². The zero-order chi connectivity index (χ0) is 25.2. The number of aromatic nitrogens is 1. The molecule has 35 heavy (non-hydrogen) atoms. The normalized spacial score (nSPS) is 14.8. The van der Waals surface area contributed by atoms with Gasteiger partial charge in [-0.2, -0.15) is 0 Å². The highest BCUT2D eigenvalue weighted by Gasteiger charge is 2.27. The fourth-order valence-corrected chi connectivity index (χ4v) is 5.85. The summed E-state index contributed by atoms with van der Waals surface area (Å²) in [4.78, 5) is 27.4. The molecule has 1 aromatic heterocycles. The van der Waals surface area contributed by atoms with E-state index in [4.69, 9.17) is 16.3 Å². The van der Waals surface area contributed by atoms with E-state index in [1.54, 1.807) is 41.0 Å². The van der Waals surface area contributed by atoms with Crippen molar-refractivity contribution in [3.8, 4) is 5.75 Å². The first-order valence-electron chi connectivity index (χ1n) is 11.4. The number of fused-ring (bicyclic) bond motifs is 1. The van der Waals surface area contributed by atoms with Crippen LogP contribution in [-0.2, 0) is 26.0 Å². The monoisotopic (exact) mass is 517 g/mol. The van der Waals surface area contributed by atoms with E-state index in [2.05, 4.69) is 12.2 Å². The van der Waals surface area contributed by atoms with Gasteiger partial charge < -0.3 is 19.5 Å². The molecule has 2 amide bonds. The van der Waals surface area contributed by atoms with Crippen LogP contribution >= 0.6 is 11.6 Å². The Kier molecular flexibility index (Phi) is 7.37. The van der Waals surface area contributed by atoms with Gasteiger partial charge in [0.05, 0.1) is 17.7 Å².